The molecule has 2 rings (SSSR count). The molecule has 0 aliphatic heterocycles. The minimum atomic E-state index is -0.576. The summed E-state index contributed by atoms with van der Waals surface area (Å²) in [6.07, 6.45) is 1.29. The number of halogens is 2. The van der Waals surface area contributed by atoms with Gasteiger partial charge >= 0.3 is 0 Å². The third kappa shape index (κ3) is 4.39. The highest BCUT2D eigenvalue weighted by Gasteiger charge is 2.10. The highest BCUT2D eigenvalue weighted by atomic mass is 35.5. The minimum absolute atomic E-state index is 0.113. The lowest BCUT2D eigenvalue weighted by atomic mass is 10.2. The Morgan fingerprint density at radius 1 is 1.17 bits per heavy atom. The molecule has 0 bridgehead atoms. The fourth-order valence-corrected chi connectivity index (χ4v) is 2.05. The zero-order valence-electron chi connectivity index (χ0n) is 11.8. The molecule has 0 aromatic heterocycles. The van der Waals surface area contributed by atoms with E-state index in [0.29, 0.717) is 27.1 Å². The van der Waals surface area contributed by atoms with Crippen LogP contribution in [0.5, 0.6) is 0 Å². The summed E-state index contributed by atoms with van der Waals surface area (Å²) in [6.45, 7) is 0. The highest BCUT2D eigenvalue weighted by Crippen LogP contribution is 2.23. The number of para-hydroxylation sites is 1. The summed E-state index contributed by atoms with van der Waals surface area (Å²) in [5, 5.41) is 15.3. The number of amides is 1. The number of nitrogen functional groups attached to an aromatic ring is 1. The summed E-state index contributed by atoms with van der Waals surface area (Å²) in [6, 6.07) is 13.5. The molecule has 0 aliphatic carbocycles. The van der Waals surface area contributed by atoms with Gasteiger partial charge in [0.15, 0.2) is 0 Å². The van der Waals surface area contributed by atoms with Crippen molar-refractivity contribution < 1.29 is 4.79 Å². The maximum Gasteiger partial charge on any atom is 0.267 e. The molecule has 0 radical (unpaired) electrons. The molecule has 0 heterocycles. The van der Waals surface area contributed by atoms with Crippen LogP contribution in [0.4, 0.5) is 17.1 Å². The van der Waals surface area contributed by atoms with Crippen molar-refractivity contribution in [2.45, 2.75) is 0 Å². The van der Waals surface area contributed by atoms with E-state index in [1.807, 2.05) is 6.07 Å². The first kappa shape index (κ1) is 16.7. The van der Waals surface area contributed by atoms with Crippen LogP contribution in [-0.2, 0) is 4.79 Å². The van der Waals surface area contributed by atoms with Crippen LogP contribution in [0.1, 0.15) is 0 Å². The van der Waals surface area contributed by atoms with Crippen LogP contribution in [0.15, 0.2) is 54.2 Å². The first-order chi connectivity index (χ1) is 11.0. The van der Waals surface area contributed by atoms with Gasteiger partial charge in [-0.1, -0.05) is 35.3 Å². The van der Waals surface area contributed by atoms with Crippen molar-refractivity contribution in [3.63, 3.8) is 0 Å². The van der Waals surface area contributed by atoms with E-state index in [0.717, 1.165) is 0 Å². The van der Waals surface area contributed by atoms with E-state index < -0.39 is 5.91 Å². The topological polar surface area (TPSA) is 90.9 Å². The summed E-state index contributed by atoms with van der Waals surface area (Å²) in [5.41, 5.74) is 6.92. The van der Waals surface area contributed by atoms with Gasteiger partial charge in [-0.2, -0.15) is 5.26 Å². The number of anilines is 3. The lowest BCUT2D eigenvalue weighted by Crippen LogP contribution is -2.14. The Labute approximate surface area is 143 Å². The predicted molar refractivity (Wildman–Crippen MR) is 93.3 cm³/mol. The quantitative estimate of drug-likeness (QED) is 0.442. The molecule has 0 spiro atoms. The van der Waals surface area contributed by atoms with Crippen molar-refractivity contribution >= 4 is 46.2 Å². The smallest absolute Gasteiger partial charge is 0.267 e. The Hall–Kier alpha value is -2.68. The molecule has 1 amide bonds. The number of nitriles is 1. The van der Waals surface area contributed by atoms with E-state index in [1.54, 1.807) is 36.4 Å². The Balaban J connectivity index is 2.12. The van der Waals surface area contributed by atoms with Gasteiger partial charge in [0, 0.05) is 11.9 Å². The minimum Gasteiger partial charge on any atom is -0.398 e. The lowest BCUT2D eigenvalue weighted by Gasteiger charge is -2.07. The molecule has 23 heavy (non-hydrogen) atoms. The van der Waals surface area contributed by atoms with Crippen molar-refractivity contribution in [2.24, 2.45) is 0 Å². The monoisotopic (exact) mass is 346 g/mol. The first-order valence-corrected chi connectivity index (χ1v) is 7.24. The second-order valence-corrected chi connectivity index (χ2v) is 5.30. The van der Waals surface area contributed by atoms with Crippen molar-refractivity contribution in [1.29, 1.82) is 5.26 Å². The number of nitrogens with one attached hydrogen (secondary N) is 2. The molecule has 7 heteroatoms. The summed E-state index contributed by atoms with van der Waals surface area (Å²) >= 11 is 11.9. The van der Waals surface area contributed by atoms with Crippen LogP contribution in [-0.4, -0.2) is 5.91 Å². The van der Waals surface area contributed by atoms with Crippen LogP contribution in [0, 0.1) is 11.3 Å². The molecule has 0 saturated carbocycles. The summed E-state index contributed by atoms with van der Waals surface area (Å²) in [7, 11) is 0. The maximum absolute atomic E-state index is 12.1. The van der Waals surface area contributed by atoms with Gasteiger partial charge in [0.1, 0.15) is 11.6 Å². The van der Waals surface area contributed by atoms with Crippen LogP contribution in [0.25, 0.3) is 0 Å². The van der Waals surface area contributed by atoms with Crippen molar-refractivity contribution in [3.05, 3.63) is 64.3 Å². The Bertz CT molecular complexity index is 812. The second kappa shape index (κ2) is 7.54. The standard InChI is InChI=1S/C16H12Cl2N4O/c17-12-3-1-2-4-15(12)21-9-10(8-19)16(23)22-11-5-6-14(20)13(18)7-11/h1-7,9,21H,20H2,(H,22,23)/b10-9-. The molecule has 2 aromatic carbocycles. The van der Waals surface area contributed by atoms with Crippen LogP contribution < -0.4 is 16.4 Å². The molecule has 116 valence electrons. The molecule has 0 fully saturated rings. The summed E-state index contributed by atoms with van der Waals surface area (Å²) < 4.78 is 0. The van der Waals surface area contributed by atoms with Gasteiger partial charge in [-0.3, -0.25) is 4.79 Å². The average molecular weight is 347 g/mol. The Morgan fingerprint density at radius 2 is 1.91 bits per heavy atom. The largest absolute Gasteiger partial charge is 0.398 e. The zero-order valence-corrected chi connectivity index (χ0v) is 13.3. The van der Waals surface area contributed by atoms with Crippen LogP contribution in [0.3, 0.4) is 0 Å². The molecule has 0 atom stereocenters. The van der Waals surface area contributed by atoms with E-state index in [9.17, 15) is 4.79 Å². The van der Waals surface area contributed by atoms with Gasteiger partial charge in [-0.25, -0.2) is 0 Å². The molecule has 4 N–H and O–H groups in total. The summed E-state index contributed by atoms with van der Waals surface area (Å²) in [5.74, 6) is -0.576. The van der Waals surface area contributed by atoms with E-state index in [2.05, 4.69) is 10.6 Å². The average Bonchev–Trinajstić information content (AvgIpc) is 2.53. The molecule has 0 aliphatic rings. The van der Waals surface area contributed by atoms with E-state index >= 15 is 0 Å². The normalized spacial score (nSPS) is 10.7. The molecule has 2 aromatic rings. The summed E-state index contributed by atoms with van der Waals surface area (Å²) in [4.78, 5) is 12.1. The van der Waals surface area contributed by atoms with Gasteiger partial charge in [-0.05, 0) is 30.3 Å². The SMILES string of the molecule is N#C/C(=C/Nc1ccccc1Cl)C(=O)Nc1ccc(N)c(Cl)c1. The van der Waals surface area contributed by atoms with Crippen LogP contribution in [0.2, 0.25) is 10.0 Å². The van der Waals surface area contributed by atoms with Crippen molar-refractivity contribution in [3.8, 4) is 6.07 Å². The number of nitrogens with two attached hydrogens (primary N) is 1. The fraction of sp³-hybridized carbons (Fsp3) is 0. The van der Waals surface area contributed by atoms with Crippen molar-refractivity contribution in [2.75, 3.05) is 16.4 Å². The highest BCUT2D eigenvalue weighted by molar-refractivity contribution is 6.33. The van der Waals surface area contributed by atoms with Gasteiger partial charge in [0.05, 0.1) is 21.4 Å². The van der Waals surface area contributed by atoms with Gasteiger partial charge < -0.3 is 16.4 Å². The van der Waals surface area contributed by atoms with Crippen molar-refractivity contribution in [1.82, 2.24) is 0 Å². The zero-order chi connectivity index (χ0) is 16.8. The van der Waals surface area contributed by atoms with E-state index in [4.69, 9.17) is 34.2 Å². The number of carbonyl (C=O) groups is 1. The number of nitrogens with zero attached hydrogens (tertiary/aromatic N) is 1. The van der Waals surface area contributed by atoms with Gasteiger partial charge in [-0.15, -0.1) is 0 Å². The molecule has 5 nitrogen and oxygen atoms in total. The van der Waals surface area contributed by atoms with E-state index in [1.165, 1.54) is 12.3 Å². The molecular formula is C16H12Cl2N4O. The van der Waals surface area contributed by atoms with Gasteiger partial charge in [0.25, 0.3) is 5.91 Å². The number of rotatable bonds is 4. The maximum atomic E-state index is 12.1. The Morgan fingerprint density at radius 3 is 2.57 bits per heavy atom. The first-order valence-electron chi connectivity index (χ1n) is 6.49. The van der Waals surface area contributed by atoms with Gasteiger partial charge in [0.2, 0.25) is 0 Å². The second-order valence-electron chi connectivity index (χ2n) is 4.48. The number of hydrogen-bond donors (Lipinski definition) is 3. The number of carbonyl (C=O) groups excluding carboxylic acids is 1. The van der Waals surface area contributed by atoms with Crippen LogP contribution >= 0.6 is 23.2 Å². The predicted octanol–water partition coefficient (Wildman–Crippen LogP) is 4.03. The Kier molecular flexibility index (Phi) is 5.47. The molecule has 0 unspecified atom stereocenters. The lowest BCUT2D eigenvalue weighted by molar-refractivity contribution is -0.112. The third-order valence-electron chi connectivity index (χ3n) is 2.87. The number of hydrogen-bond acceptors (Lipinski definition) is 4. The van der Waals surface area contributed by atoms with E-state index in [-0.39, 0.29) is 5.57 Å². The fourth-order valence-electron chi connectivity index (χ4n) is 1.68. The number of benzene rings is 2. The molecular weight excluding hydrogens is 335 g/mol. The third-order valence-corrected chi connectivity index (χ3v) is 3.53. The molecule has 0 saturated heterocycles.